The monoisotopic (exact) mass is 348 g/mol. The van der Waals surface area contributed by atoms with Crippen molar-refractivity contribution in [3.05, 3.63) is 63.3 Å². The number of halogens is 1. The molecule has 126 valence electrons. The summed E-state index contributed by atoms with van der Waals surface area (Å²) in [5.41, 5.74) is 0.843. The van der Waals surface area contributed by atoms with Gasteiger partial charge >= 0.3 is 11.7 Å². The second-order valence-corrected chi connectivity index (χ2v) is 5.82. The number of nitrogens with one attached hydrogen (secondary N) is 1. The van der Waals surface area contributed by atoms with Crippen LogP contribution in [0.15, 0.2) is 41.5 Å². The maximum absolute atomic E-state index is 12.1. The van der Waals surface area contributed by atoms with Gasteiger partial charge in [-0.2, -0.15) is 0 Å². The Morgan fingerprint density at radius 3 is 2.62 bits per heavy atom. The Kier molecular flexibility index (Phi) is 6.26. The molecule has 1 aromatic carbocycles. The summed E-state index contributed by atoms with van der Waals surface area (Å²) < 4.78 is 5.16. The van der Waals surface area contributed by atoms with Crippen LogP contribution in [0.5, 0.6) is 0 Å². The van der Waals surface area contributed by atoms with E-state index in [4.69, 9.17) is 16.3 Å². The molecule has 0 saturated carbocycles. The van der Waals surface area contributed by atoms with Crippen molar-refractivity contribution in [1.29, 1.82) is 0 Å². The molecular weight excluding hydrogens is 332 g/mol. The Bertz CT molecular complexity index is 750. The number of nitrogens with zero attached hydrogens (tertiary/aromatic N) is 1. The second-order valence-electron chi connectivity index (χ2n) is 5.38. The van der Waals surface area contributed by atoms with Gasteiger partial charge in [0.05, 0.1) is 12.5 Å². The zero-order valence-corrected chi connectivity index (χ0v) is 13.9. The summed E-state index contributed by atoms with van der Waals surface area (Å²) in [5, 5.41) is 0.552. The molecule has 6 nitrogen and oxygen atoms in total. The van der Waals surface area contributed by atoms with E-state index in [1.807, 2.05) is 0 Å². The number of hydrogen-bond donors (Lipinski definition) is 1. The summed E-state index contributed by atoms with van der Waals surface area (Å²) in [7, 11) is 0. The Labute approximate surface area is 143 Å². The Balaban J connectivity index is 1.79. The number of carbonyl (C=O) groups excluding carboxylic acids is 2. The summed E-state index contributed by atoms with van der Waals surface area (Å²) in [5.74, 6) is -1.11. The Hall–Kier alpha value is -2.47. The van der Waals surface area contributed by atoms with E-state index in [-0.39, 0.29) is 18.8 Å². The maximum Gasteiger partial charge on any atom is 0.344 e. The highest BCUT2D eigenvalue weighted by Gasteiger charge is 2.19. The van der Waals surface area contributed by atoms with E-state index < -0.39 is 17.6 Å². The van der Waals surface area contributed by atoms with Crippen LogP contribution in [-0.4, -0.2) is 28.3 Å². The zero-order valence-electron chi connectivity index (χ0n) is 13.1. The van der Waals surface area contributed by atoms with Crippen LogP contribution in [0.1, 0.15) is 29.3 Å². The van der Waals surface area contributed by atoms with Gasteiger partial charge < -0.3 is 9.72 Å². The van der Waals surface area contributed by atoms with Crippen LogP contribution in [0.4, 0.5) is 0 Å². The molecule has 0 saturated heterocycles. The average Bonchev–Trinajstić information content (AvgIpc) is 2.57. The number of ketones is 1. The first kappa shape index (κ1) is 17.9. The number of ether oxygens (including phenoxy) is 1. The van der Waals surface area contributed by atoms with Gasteiger partial charge in [-0.3, -0.25) is 9.59 Å². The minimum absolute atomic E-state index is 0.0701. The van der Waals surface area contributed by atoms with Gasteiger partial charge in [0.2, 0.25) is 0 Å². The maximum atomic E-state index is 12.1. The van der Waals surface area contributed by atoms with Gasteiger partial charge in [0.25, 0.3) is 0 Å². The molecule has 24 heavy (non-hydrogen) atoms. The number of aromatic nitrogens is 2. The SMILES string of the molecule is CC(CC(=O)c1ccc(Cl)cc1)C(=O)OCCc1cnc(=O)[nH]c1. The number of esters is 1. The normalized spacial score (nSPS) is 11.8. The van der Waals surface area contributed by atoms with Gasteiger partial charge in [0, 0.05) is 35.8 Å². The van der Waals surface area contributed by atoms with Crippen molar-refractivity contribution < 1.29 is 14.3 Å². The summed E-state index contributed by atoms with van der Waals surface area (Å²) in [6.07, 6.45) is 3.46. The molecular formula is C17H17ClN2O4. The predicted octanol–water partition coefficient (Wildman–Crippen LogP) is 2.42. The fraction of sp³-hybridized carbons (Fsp3) is 0.294. The highest BCUT2D eigenvalue weighted by Crippen LogP contribution is 2.14. The van der Waals surface area contributed by atoms with Crippen molar-refractivity contribution in [1.82, 2.24) is 9.97 Å². The summed E-state index contributed by atoms with van der Waals surface area (Å²) in [4.78, 5) is 40.9. The lowest BCUT2D eigenvalue weighted by Gasteiger charge is -2.11. The van der Waals surface area contributed by atoms with E-state index in [0.717, 1.165) is 5.56 Å². The summed E-state index contributed by atoms with van der Waals surface area (Å²) in [6.45, 7) is 1.81. The molecule has 0 aliphatic rings. The van der Waals surface area contributed by atoms with Crippen LogP contribution in [0.25, 0.3) is 0 Å². The minimum Gasteiger partial charge on any atom is -0.465 e. The number of rotatable bonds is 7. The largest absolute Gasteiger partial charge is 0.465 e. The molecule has 0 aliphatic heterocycles. The Morgan fingerprint density at radius 1 is 1.29 bits per heavy atom. The second kappa shape index (κ2) is 8.40. The van der Waals surface area contributed by atoms with Crippen molar-refractivity contribution in [2.45, 2.75) is 19.8 Å². The van der Waals surface area contributed by atoms with Crippen LogP contribution < -0.4 is 5.69 Å². The van der Waals surface area contributed by atoms with Crippen molar-refractivity contribution in [3.8, 4) is 0 Å². The minimum atomic E-state index is -0.540. The van der Waals surface area contributed by atoms with Gasteiger partial charge in [-0.15, -0.1) is 0 Å². The fourth-order valence-corrected chi connectivity index (χ4v) is 2.16. The van der Waals surface area contributed by atoms with Crippen molar-refractivity contribution >= 4 is 23.4 Å². The van der Waals surface area contributed by atoms with Gasteiger partial charge in [-0.1, -0.05) is 18.5 Å². The van der Waals surface area contributed by atoms with Crippen molar-refractivity contribution in [2.24, 2.45) is 5.92 Å². The zero-order chi connectivity index (χ0) is 17.5. The number of hydrogen-bond acceptors (Lipinski definition) is 5. The number of Topliss-reactive ketones (excluding diaryl/α,β-unsaturated/α-hetero) is 1. The molecule has 0 amide bonds. The summed E-state index contributed by atoms with van der Waals surface area (Å²) in [6, 6.07) is 6.53. The summed E-state index contributed by atoms with van der Waals surface area (Å²) >= 11 is 5.78. The fourth-order valence-electron chi connectivity index (χ4n) is 2.03. The molecule has 0 fully saturated rings. The van der Waals surface area contributed by atoms with E-state index in [0.29, 0.717) is 17.0 Å². The van der Waals surface area contributed by atoms with Gasteiger partial charge in [0.15, 0.2) is 5.78 Å². The molecule has 1 heterocycles. The molecule has 1 aromatic heterocycles. The third-order valence-electron chi connectivity index (χ3n) is 3.42. The van der Waals surface area contributed by atoms with E-state index in [9.17, 15) is 14.4 Å². The molecule has 1 atom stereocenters. The van der Waals surface area contributed by atoms with Crippen LogP contribution in [0, 0.1) is 5.92 Å². The third kappa shape index (κ3) is 5.31. The lowest BCUT2D eigenvalue weighted by Crippen LogP contribution is -2.19. The molecule has 7 heteroatoms. The molecule has 0 bridgehead atoms. The van der Waals surface area contributed by atoms with Gasteiger partial charge in [0.1, 0.15) is 0 Å². The number of aromatic amines is 1. The first-order valence-electron chi connectivity index (χ1n) is 7.44. The number of H-pyrrole nitrogens is 1. The molecule has 0 spiro atoms. The molecule has 2 aromatic rings. The van der Waals surface area contributed by atoms with Crippen molar-refractivity contribution in [2.75, 3.05) is 6.61 Å². The highest BCUT2D eigenvalue weighted by atomic mass is 35.5. The lowest BCUT2D eigenvalue weighted by atomic mass is 10.00. The Morgan fingerprint density at radius 2 is 2.00 bits per heavy atom. The molecule has 0 radical (unpaired) electrons. The molecule has 0 aliphatic carbocycles. The van der Waals surface area contributed by atoms with Gasteiger partial charge in [-0.05, 0) is 29.8 Å². The number of carbonyl (C=O) groups is 2. The van der Waals surface area contributed by atoms with Crippen LogP contribution in [-0.2, 0) is 16.0 Å². The van der Waals surface area contributed by atoms with Crippen LogP contribution in [0.2, 0.25) is 5.02 Å². The van der Waals surface area contributed by atoms with E-state index >= 15 is 0 Å². The van der Waals surface area contributed by atoms with E-state index in [1.54, 1.807) is 31.2 Å². The number of benzene rings is 1. The highest BCUT2D eigenvalue weighted by molar-refractivity contribution is 6.30. The third-order valence-corrected chi connectivity index (χ3v) is 3.68. The van der Waals surface area contributed by atoms with E-state index in [2.05, 4.69) is 9.97 Å². The van der Waals surface area contributed by atoms with Gasteiger partial charge in [-0.25, -0.2) is 9.78 Å². The lowest BCUT2D eigenvalue weighted by molar-refractivity contribution is -0.147. The predicted molar refractivity (Wildman–Crippen MR) is 89.1 cm³/mol. The standard InChI is InChI=1S/C17H17ClN2O4/c1-11(8-15(21)13-2-4-14(18)5-3-13)16(22)24-7-6-12-9-19-17(23)20-10-12/h2-5,9-11H,6-8H2,1H3,(H,19,20,23). The van der Waals surface area contributed by atoms with Crippen LogP contribution in [0.3, 0.4) is 0 Å². The molecule has 2 rings (SSSR count). The first-order valence-corrected chi connectivity index (χ1v) is 7.82. The first-order chi connectivity index (χ1) is 11.5. The molecule has 1 N–H and O–H groups in total. The topological polar surface area (TPSA) is 89.1 Å². The molecule has 1 unspecified atom stereocenters. The van der Waals surface area contributed by atoms with Crippen LogP contribution >= 0.6 is 11.6 Å². The smallest absolute Gasteiger partial charge is 0.344 e. The quantitative estimate of drug-likeness (QED) is 0.613. The van der Waals surface area contributed by atoms with E-state index in [1.165, 1.54) is 12.4 Å². The van der Waals surface area contributed by atoms with Crippen molar-refractivity contribution in [3.63, 3.8) is 0 Å². The average molecular weight is 349 g/mol.